The fourth-order valence-electron chi connectivity index (χ4n) is 4.25. The fourth-order valence-corrected chi connectivity index (χ4v) is 6.51. The number of hydrogen-bond acceptors (Lipinski definition) is 10. The molecule has 0 spiro atoms. The lowest BCUT2D eigenvalue weighted by atomic mass is 10.1. The smallest absolute Gasteiger partial charge is 0.239 e. The van der Waals surface area contributed by atoms with Crippen LogP contribution >= 0.6 is 10.7 Å². The molecule has 0 fully saturated rings. The van der Waals surface area contributed by atoms with Gasteiger partial charge in [0.25, 0.3) is 0 Å². The van der Waals surface area contributed by atoms with E-state index in [0.29, 0.717) is 34.5 Å². The number of sulfone groups is 1. The number of para-hydroxylation sites is 1. The zero-order valence-corrected chi connectivity index (χ0v) is 24.8. The minimum Gasteiger partial charge on any atom is -0.494 e. The fraction of sp³-hybridized carbons (Fsp3) is 0.250. The number of aliphatic hydroxyl groups is 1. The van der Waals surface area contributed by atoms with Crippen LogP contribution in [0, 0.1) is 18.3 Å². The minimum atomic E-state index is -3.70. The highest BCUT2D eigenvalue weighted by molar-refractivity contribution is 8.16. The summed E-state index contributed by atoms with van der Waals surface area (Å²) >= 11 is 0. The van der Waals surface area contributed by atoms with Crippen molar-refractivity contribution in [3.63, 3.8) is 0 Å². The molecule has 11 nitrogen and oxygen atoms in total. The molecule has 13 heteroatoms. The second-order valence-electron chi connectivity index (χ2n) is 9.03. The Morgan fingerprint density at radius 3 is 2.44 bits per heavy atom. The van der Waals surface area contributed by atoms with Gasteiger partial charge in [-0.2, -0.15) is 5.26 Å². The molecule has 41 heavy (non-hydrogen) atoms. The Morgan fingerprint density at radius 2 is 1.85 bits per heavy atom. The molecule has 2 aromatic heterocycles. The van der Waals surface area contributed by atoms with Crippen LogP contribution < -0.4 is 14.2 Å². The molecule has 0 aliphatic rings. The van der Waals surface area contributed by atoms with E-state index in [-0.39, 0.29) is 21.8 Å². The van der Waals surface area contributed by atoms with Gasteiger partial charge in [0, 0.05) is 35.5 Å². The van der Waals surface area contributed by atoms with Crippen molar-refractivity contribution in [2.45, 2.75) is 24.8 Å². The molecule has 4 aromatic rings. The number of nitrogens with zero attached hydrogens (tertiary/aromatic N) is 5. The Bertz CT molecular complexity index is 1740. The quantitative estimate of drug-likeness (QED) is 0.257. The van der Waals surface area contributed by atoms with E-state index in [0.717, 1.165) is 11.8 Å². The van der Waals surface area contributed by atoms with Gasteiger partial charge in [-0.3, -0.25) is 9.55 Å². The molecule has 4 rings (SSSR count). The molecule has 0 bridgehead atoms. The number of hydrogen-bond donors (Lipinski definition) is 2. The molecule has 0 aliphatic heterocycles. The molecule has 2 atom stereocenters. The third-order valence-corrected chi connectivity index (χ3v) is 9.01. The molecule has 2 N–H and O–H groups in total. The predicted molar refractivity (Wildman–Crippen MR) is 159 cm³/mol. The summed E-state index contributed by atoms with van der Waals surface area (Å²) in [7, 11) is -1.40. The molecule has 2 aromatic carbocycles. The van der Waals surface area contributed by atoms with Crippen molar-refractivity contribution in [2.24, 2.45) is 0 Å². The van der Waals surface area contributed by atoms with Crippen LogP contribution in [0.4, 0.5) is 5.95 Å². The lowest BCUT2D eigenvalue weighted by Crippen LogP contribution is -2.13. The Balaban J connectivity index is 1.79. The van der Waals surface area contributed by atoms with E-state index in [1.165, 1.54) is 18.2 Å². The van der Waals surface area contributed by atoms with Crippen LogP contribution in [0.15, 0.2) is 59.8 Å². The van der Waals surface area contributed by atoms with Gasteiger partial charge in [0.1, 0.15) is 17.2 Å². The van der Waals surface area contributed by atoms with E-state index >= 15 is 0 Å². The maximum absolute atomic E-state index is 12.5. The summed E-state index contributed by atoms with van der Waals surface area (Å²) in [6.07, 6.45) is 3.32. The third kappa shape index (κ3) is 6.40. The van der Waals surface area contributed by atoms with Crippen molar-refractivity contribution in [3.05, 3.63) is 71.5 Å². The minimum absolute atomic E-state index is 0.0835. The Hall–Kier alpha value is -4.25. The van der Waals surface area contributed by atoms with Crippen LogP contribution in [0.3, 0.4) is 0 Å². The van der Waals surface area contributed by atoms with E-state index in [9.17, 15) is 18.8 Å². The highest BCUT2D eigenvalue weighted by Crippen LogP contribution is 2.39. The molecule has 0 amide bonds. The number of aliphatic hydroxyl groups excluding tert-OH is 1. The van der Waals surface area contributed by atoms with Crippen molar-refractivity contribution in [1.82, 2.24) is 19.7 Å². The Kier molecular flexibility index (Phi) is 9.07. The van der Waals surface area contributed by atoms with Crippen LogP contribution in [0.25, 0.3) is 17.1 Å². The zero-order chi connectivity index (χ0) is 29.7. The van der Waals surface area contributed by atoms with E-state index < -0.39 is 26.6 Å². The van der Waals surface area contributed by atoms with Crippen LogP contribution in [-0.4, -0.2) is 64.9 Å². The largest absolute Gasteiger partial charge is 0.494 e. The molecule has 0 saturated carbocycles. The molecular formula is C28H30N6O5S2. The normalized spacial score (nSPS) is 12.9. The van der Waals surface area contributed by atoms with Gasteiger partial charge in [0.15, 0.2) is 15.7 Å². The summed E-state index contributed by atoms with van der Waals surface area (Å²) in [6.45, 7) is 3.76. The number of rotatable bonds is 10. The van der Waals surface area contributed by atoms with Crippen molar-refractivity contribution >= 4 is 31.8 Å². The Labute approximate surface area is 241 Å². The number of aryl methyl sites for hydroxylation is 1. The lowest BCUT2D eigenvalue weighted by Gasteiger charge is -2.21. The third-order valence-electron chi connectivity index (χ3n) is 6.17. The second kappa shape index (κ2) is 12.5. The van der Waals surface area contributed by atoms with Gasteiger partial charge >= 0.3 is 0 Å². The molecular weight excluding hydrogens is 564 g/mol. The first-order chi connectivity index (χ1) is 19.6. The van der Waals surface area contributed by atoms with Gasteiger partial charge in [-0.1, -0.05) is 22.8 Å². The van der Waals surface area contributed by atoms with Crippen molar-refractivity contribution in [2.75, 3.05) is 31.0 Å². The first-order valence-corrected chi connectivity index (χ1v) is 15.7. The van der Waals surface area contributed by atoms with Crippen molar-refractivity contribution in [1.29, 1.82) is 5.26 Å². The predicted octanol–water partition coefficient (Wildman–Crippen LogP) is 4.08. The maximum atomic E-state index is 12.5. The summed E-state index contributed by atoms with van der Waals surface area (Å²) in [5, 5.41) is 31.2. The number of benzene rings is 2. The SMILES string of the molecule is C/C=S(/C[C@H](O)c1ccc(C#N)cc1S(C)(=O)=O)Nc1nnc(-c2cncc(C)c2)n1-c1c(OC)cccc1OC. The maximum Gasteiger partial charge on any atom is 0.239 e. The first-order valence-electron chi connectivity index (χ1n) is 12.4. The molecule has 0 radical (unpaired) electrons. The number of methoxy groups -OCH3 is 2. The number of nitrogens with one attached hydrogen (secondary N) is 1. The van der Waals surface area contributed by atoms with Crippen LogP contribution in [0.1, 0.15) is 29.7 Å². The number of nitriles is 1. The average molecular weight is 595 g/mol. The molecule has 2 heterocycles. The van der Waals surface area contributed by atoms with Gasteiger partial charge in [0.2, 0.25) is 5.95 Å². The van der Waals surface area contributed by atoms with Gasteiger partial charge in [-0.15, -0.1) is 10.2 Å². The number of anilines is 1. The number of pyridine rings is 1. The van der Waals surface area contributed by atoms with Crippen LogP contribution in [0.2, 0.25) is 0 Å². The summed E-state index contributed by atoms with van der Waals surface area (Å²) in [4.78, 5) is 4.23. The van der Waals surface area contributed by atoms with Crippen LogP contribution in [0.5, 0.6) is 11.5 Å². The van der Waals surface area contributed by atoms with Gasteiger partial charge < -0.3 is 19.3 Å². The van der Waals surface area contributed by atoms with Crippen molar-refractivity contribution < 1.29 is 23.0 Å². The lowest BCUT2D eigenvalue weighted by molar-refractivity contribution is 0.201. The summed E-state index contributed by atoms with van der Waals surface area (Å²) in [5.74, 6) is 2.00. The highest BCUT2D eigenvalue weighted by atomic mass is 32.2. The first kappa shape index (κ1) is 29.7. The topological polar surface area (TPSA) is 152 Å². The molecule has 1 unspecified atom stereocenters. The number of aromatic nitrogens is 4. The van der Waals surface area contributed by atoms with Gasteiger partial charge in [-0.25, -0.2) is 8.42 Å². The second-order valence-corrected chi connectivity index (χ2v) is 12.9. The average Bonchev–Trinajstić information content (AvgIpc) is 3.38. The summed E-state index contributed by atoms with van der Waals surface area (Å²) < 4.78 is 41.4. The zero-order valence-electron chi connectivity index (χ0n) is 23.2. The van der Waals surface area contributed by atoms with E-state index in [1.807, 2.05) is 37.4 Å². The van der Waals surface area contributed by atoms with Crippen molar-refractivity contribution in [3.8, 4) is 34.6 Å². The summed E-state index contributed by atoms with van der Waals surface area (Å²) in [6, 6.07) is 13.5. The van der Waals surface area contributed by atoms with Crippen LogP contribution in [-0.2, 0) is 9.84 Å². The van der Waals surface area contributed by atoms with E-state index in [4.69, 9.17) is 9.47 Å². The monoisotopic (exact) mass is 594 g/mol. The number of ether oxygens (including phenoxy) is 2. The van der Waals surface area contributed by atoms with Gasteiger partial charge in [0.05, 0.1) is 36.9 Å². The summed E-state index contributed by atoms with van der Waals surface area (Å²) in [5.41, 5.74) is 2.62. The molecule has 214 valence electrons. The Morgan fingerprint density at radius 1 is 1.15 bits per heavy atom. The molecule has 0 aliphatic carbocycles. The van der Waals surface area contributed by atoms with E-state index in [2.05, 4.69) is 19.9 Å². The molecule has 0 saturated heterocycles. The van der Waals surface area contributed by atoms with Gasteiger partial charge in [-0.05, 0) is 55.1 Å². The highest BCUT2D eigenvalue weighted by Gasteiger charge is 2.25. The van der Waals surface area contributed by atoms with E-state index in [1.54, 1.807) is 43.3 Å². The standard InChI is InChI=1S/C28H30N6O5S2/c1-6-40(17-22(35)21-11-10-19(14-29)13-25(21)41(5,36)37)33-28-32-31-27(20-12-18(2)15-30-16-20)34(28)26-23(38-3)8-7-9-24(26)39-4/h6-13,15-16,22,35H,17H2,1-5H3,(H,32,33)/t22-,40?/m0/s1.